The minimum absolute atomic E-state index is 0.149. The Morgan fingerprint density at radius 2 is 1.93 bits per heavy atom. The summed E-state index contributed by atoms with van der Waals surface area (Å²) in [4.78, 5) is 26.7. The smallest absolute Gasteiger partial charge is 0.337 e. The third-order valence-corrected chi connectivity index (χ3v) is 4.61. The van der Waals surface area contributed by atoms with Crippen LogP contribution >= 0.6 is 0 Å². The highest BCUT2D eigenvalue weighted by Gasteiger charge is 2.36. The molecule has 1 aliphatic heterocycles. The largest absolute Gasteiger partial charge is 0.466 e. The number of nitrogens with one attached hydrogen (secondary N) is 1. The Morgan fingerprint density at radius 1 is 1.19 bits per heavy atom. The first kappa shape index (κ1) is 18.6. The summed E-state index contributed by atoms with van der Waals surface area (Å²) in [6.45, 7) is 3.79. The average molecular weight is 368 g/mol. The number of esters is 1. The molecular weight excluding hydrogens is 347 g/mol. The first-order valence-electron chi connectivity index (χ1n) is 8.59. The third-order valence-electron chi connectivity index (χ3n) is 4.61. The molecule has 1 unspecified atom stereocenters. The van der Waals surface area contributed by atoms with Crippen LogP contribution in [0, 0.1) is 12.7 Å². The molecule has 27 heavy (non-hydrogen) atoms. The summed E-state index contributed by atoms with van der Waals surface area (Å²) in [7, 11) is 1.31. The van der Waals surface area contributed by atoms with Crippen molar-refractivity contribution in [2.24, 2.45) is 0 Å². The zero-order chi connectivity index (χ0) is 19.6. The number of amides is 2. The van der Waals surface area contributed by atoms with E-state index >= 15 is 0 Å². The zero-order valence-corrected chi connectivity index (χ0v) is 15.5. The van der Waals surface area contributed by atoms with E-state index in [0.29, 0.717) is 16.8 Å². The van der Waals surface area contributed by atoms with Gasteiger partial charge in [0.2, 0.25) is 0 Å². The number of hydrogen-bond donors (Lipinski definition) is 1. The van der Waals surface area contributed by atoms with E-state index in [4.69, 9.17) is 4.74 Å². The van der Waals surface area contributed by atoms with Gasteiger partial charge < -0.3 is 10.1 Å². The van der Waals surface area contributed by atoms with Crippen LogP contribution in [0.5, 0.6) is 0 Å². The second-order valence-electron chi connectivity index (χ2n) is 6.50. The van der Waals surface area contributed by atoms with Crippen LogP contribution in [0.1, 0.15) is 29.7 Å². The van der Waals surface area contributed by atoms with Gasteiger partial charge in [-0.15, -0.1) is 0 Å². The van der Waals surface area contributed by atoms with E-state index in [-0.39, 0.29) is 18.4 Å². The first-order valence-corrected chi connectivity index (χ1v) is 8.59. The lowest BCUT2D eigenvalue weighted by molar-refractivity contribution is -0.136. The van der Waals surface area contributed by atoms with Crippen LogP contribution in [0.15, 0.2) is 59.8 Å². The Balaban J connectivity index is 2.03. The molecule has 1 N–H and O–H groups in total. The molecule has 0 bridgehead atoms. The standard InChI is InChI=1S/C21H21FN2O3/c1-13-6-4-8-16(10-13)19-18(20(25)27-3)14(2)24(21(26)23-19)12-15-7-5-9-17(22)11-15/h4-11,19H,12H2,1-3H3,(H,23,26). The second-order valence-corrected chi connectivity index (χ2v) is 6.50. The lowest BCUT2D eigenvalue weighted by atomic mass is 9.93. The number of halogens is 1. The summed E-state index contributed by atoms with van der Waals surface area (Å²) in [5.74, 6) is -0.888. The zero-order valence-electron chi connectivity index (χ0n) is 15.5. The minimum Gasteiger partial charge on any atom is -0.466 e. The fourth-order valence-electron chi connectivity index (χ4n) is 3.26. The van der Waals surface area contributed by atoms with Crippen LogP contribution in [0.2, 0.25) is 0 Å². The van der Waals surface area contributed by atoms with Crippen LogP contribution in [-0.2, 0) is 16.1 Å². The highest BCUT2D eigenvalue weighted by atomic mass is 19.1. The number of methoxy groups -OCH3 is 1. The summed E-state index contributed by atoms with van der Waals surface area (Å²) in [5.41, 5.74) is 3.29. The number of carbonyl (C=O) groups excluding carboxylic acids is 2. The van der Waals surface area contributed by atoms with Gasteiger partial charge in [-0.1, -0.05) is 42.0 Å². The van der Waals surface area contributed by atoms with Crippen molar-refractivity contribution in [3.05, 3.63) is 82.3 Å². The monoisotopic (exact) mass is 368 g/mol. The first-order chi connectivity index (χ1) is 12.9. The quantitative estimate of drug-likeness (QED) is 0.834. The maximum absolute atomic E-state index is 13.5. The van der Waals surface area contributed by atoms with Crippen LogP contribution in [-0.4, -0.2) is 24.0 Å². The van der Waals surface area contributed by atoms with Crippen molar-refractivity contribution in [2.45, 2.75) is 26.4 Å². The lowest BCUT2D eigenvalue weighted by Gasteiger charge is -2.35. The summed E-state index contributed by atoms with van der Waals surface area (Å²) >= 11 is 0. The minimum atomic E-state index is -0.603. The molecule has 5 nitrogen and oxygen atoms in total. The van der Waals surface area contributed by atoms with E-state index in [9.17, 15) is 14.0 Å². The van der Waals surface area contributed by atoms with Crippen molar-refractivity contribution >= 4 is 12.0 Å². The molecule has 6 heteroatoms. The van der Waals surface area contributed by atoms with Crippen LogP contribution < -0.4 is 5.32 Å². The molecule has 0 radical (unpaired) electrons. The number of ether oxygens (including phenoxy) is 1. The molecule has 2 amide bonds. The van der Waals surface area contributed by atoms with Gasteiger partial charge in [0, 0.05) is 5.70 Å². The Labute approximate surface area is 157 Å². The third kappa shape index (κ3) is 3.84. The van der Waals surface area contributed by atoms with E-state index in [1.165, 1.54) is 24.1 Å². The van der Waals surface area contributed by atoms with Crippen molar-refractivity contribution in [1.29, 1.82) is 0 Å². The number of allylic oxidation sites excluding steroid dienone is 1. The van der Waals surface area contributed by atoms with Crippen molar-refractivity contribution in [1.82, 2.24) is 10.2 Å². The predicted molar refractivity (Wildman–Crippen MR) is 99.1 cm³/mol. The lowest BCUT2D eigenvalue weighted by Crippen LogP contribution is -2.47. The molecule has 0 saturated heterocycles. The van der Waals surface area contributed by atoms with E-state index in [1.54, 1.807) is 19.1 Å². The molecule has 0 aromatic heterocycles. The molecule has 2 aromatic carbocycles. The van der Waals surface area contributed by atoms with Crippen molar-refractivity contribution in [2.75, 3.05) is 7.11 Å². The molecular formula is C21H21FN2O3. The summed E-state index contributed by atoms with van der Waals surface area (Å²) < 4.78 is 18.5. The van der Waals surface area contributed by atoms with E-state index < -0.39 is 12.0 Å². The van der Waals surface area contributed by atoms with Gasteiger partial charge in [-0.2, -0.15) is 0 Å². The van der Waals surface area contributed by atoms with E-state index in [0.717, 1.165) is 11.1 Å². The number of rotatable bonds is 4. The predicted octanol–water partition coefficient (Wildman–Crippen LogP) is 3.85. The van der Waals surface area contributed by atoms with Crippen LogP contribution in [0.4, 0.5) is 9.18 Å². The molecule has 0 fully saturated rings. The van der Waals surface area contributed by atoms with Gasteiger partial charge in [0.15, 0.2) is 0 Å². The fourth-order valence-corrected chi connectivity index (χ4v) is 3.26. The highest BCUT2D eigenvalue weighted by Crippen LogP contribution is 2.32. The van der Waals surface area contributed by atoms with Gasteiger partial charge in [-0.3, -0.25) is 4.90 Å². The van der Waals surface area contributed by atoms with E-state index in [1.807, 2.05) is 31.2 Å². The molecule has 0 spiro atoms. The second kappa shape index (κ2) is 7.61. The summed E-state index contributed by atoms with van der Waals surface area (Å²) in [6.07, 6.45) is 0. The molecule has 1 atom stereocenters. The van der Waals surface area contributed by atoms with Gasteiger partial charge in [-0.05, 0) is 37.1 Å². The number of urea groups is 1. The van der Waals surface area contributed by atoms with E-state index in [2.05, 4.69) is 5.32 Å². The van der Waals surface area contributed by atoms with Gasteiger partial charge in [0.1, 0.15) is 5.82 Å². The van der Waals surface area contributed by atoms with Crippen molar-refractivity contribution in [3.63, 3.8) is 0 Å². The van der Waals surface area contributed by atoms with Crippen LogP contribution in [0.3, 0.4) is 0 Å². The van der Waals surface area contributed by atoms with Crippen LogP contribution in [0.25, 0.3) is 0 Å². The molecule has 3 rings (SSSR count). The van der Waals surface area contributed by atoms with Gasteiger partial charge in [-0.25, -0.2) is 14.0 Å². The molecule has 2 aromatic rings. The summed E-state index contributed by atoms with van der Waals surface area (Å²) in [6, 6.07) is 12.7. The van der Waals surface area contributed by atoms with Gasteiger partial charge in [0.25, 0.3) is 0 Å². The van der Waals surface area contributed by atoms with Crippen molar-refractivity contribution in [3.8, 4) is 0 Å². The Kier molecular flexibility index (Phi) is 5.26. The molecule has 1 heterocycles. The Hall–Kier alpha value is -3.15. The molecule has 140 valence electrons. The van der Waals surface area contributed by atoms with Crippen molar-refractivity contribution < 1.29 is 18.7 Å². The highest BCUT2D eigenvalue weighted by molar-refractivity contribution is 5.95. The molecule has 0 saturated carbocycles. The average Bonchev–Trinajstić information content (AvgIpc) is 2.64. The SMILES string of the molecule is COC(=O)C1=C(C)N(Cc2cccc(F)c2)C(=O)NC1c1cccc(C)c1. The summed E-state index contributed by atoms with van der Waals surface area (Å²) in [5, 5.41) is 2.88. The maximum Gasteiger partial charge on any atom is 0.337 e. The number of carbonyl (C=O) groups is 2. The number of nitrogens with zero attached hydrogens (tertiary/aromatic N) is 1. The number of hydrogen-bond acceptors (Lipinski definition) is 3. The Morgan fingerprint density at radius 3 is 2.59 bits per heavy atom. The van der Waals surface area contributed by atoms with Gasteiger partial charge in [0.05, 0.1) is 25.3 Å². The molecule has 0 aliphatic carbocycles. The topological polar surface area (TPSA) is 58.6 Å². The number of aryl methyl sites for hydroxylation is 1. The fraction of sp³-hybridized carbons (Fsp3) is 0.238. The van der Waals surface area contributed by atoms with Gasteiger partial charge >= 0.3 is 12.0 Å². The number of benzene rings is 2. The normalized spacial score (nSPS) is 17.0. The Bertz CT molecular complexity index is 923. The molecule has 1 aliphatic rings. The maximum atomic E-state index is 13.5.